The fraction of sp³-hybridized carbons (Fsp3) is 0.680. The molecule has 4 atom stereocenters. The average Bonchev–Trinajstić information content (AvgIpc) is 2.91. The van der Waals surface area contributed by atoms with Crippen LogP contribution in [0.5, 0.6) is 11.5 Å². The minimum atomic E-state index is -1.13. The number of rotatable bonds is 13. The highest BCUT2D eigenvalue weighted by atomic mass is 16.7. The standard InChI is InChI=1S/C25H38N2O10/c1-6-8-12-33-20-14-32-13-18(25(30)37-16(3)22(20)34-11-7-2)27-24(29)21-23(36-15-35-17(4)28)19(31-5)9-10-26-21/h9-10,16,18,20,22H,6-8,11-15H2,1-5H3,(H,27,29)/t16-,18-,20-,22-/m0/s1. The van der Waals surface area contributed by atoms with E-state index < -0.39 is 49.0 Å². The van der Waals surface area contributed by atoms with Crippen molar-refractivity contribution >= 4 is 17.8 Å². The van der Waals surface area contributed by atoms with E-state index in [1.165, 1.54) is 26.3 Å². The first-order valence-corrected chi connectivity index (χ1v) is 12.4. The zero-order valence-electron chi connectivity index (χ0n) is 22.2. The fourth-order valence-corrected chi connectivity index (χ4v) is 3.51. The normalized spacial score (nSPS) is 22.1. The molecule has 1 saturated heterocycles. The molecule has 1 aliphatic rings. The number of cyclic esters (lactones) is 1. The fourth-order valence-electron chi connectivity index (χ4n) is 3.51. The highest BCUT2D eigenvalue weighted by Gasteiger charge is 2.36. The summed E-state index contributed by atoms with van der Waals surface area (Å²) in [6, 6.07) is 0.346. The molecule has 0 saturated carbocycles. The van der Waals surface area contributed by atoms with Crippen LogP contribution in [0.4, 0.5) is 0 Å². The van der Waals surface area contributed by atoms with Crippen molar-refractivity contribution in [2.45, 2.75) is 71.3 Å². The molecule has 2 rings (SSSR count). The molecule has 0 aromatic carbocycles. The van der Waals surface area contributed by atoms with Crippen LogP contribution in [0.15, 0.2) is 12.3 Å². The minimum Gasteiger partial charge on any atom is -0.493 e. The topological polar surface area (TPSA) is 141 Å². The number of nitrogens with one attached hydrogen (secondary N) is 1. The monoisotopic (exact) mass is 526 g/mol. The van der Waals surface area contributed by atoms with Gasteiger partial charge in [-0.3, -0.25) is 9.59 Å². The lowest BCUT2D eigenvalue weighted by Gasteiger charge is -2.30. The van der Waals surface area contributed by atoms with Crippen molar-refractivity contribution in [3.63, 3.8) is 0 Å². The van der Waals surface area contributed by atoms with E-state index in [4.69, 9.17) is 33.2 Å². The summed E-state index contributed by atoms with van der Waals surface area (Å²) in [4.78, 5) is 41.3. The van der Waals surface area contributed by atoms with Gasteiger partial charge in [-0.05, 0) is 19.8 Å². The molecule has 1 fully saturated rings. The molecule has 208 valence electrons. The summed E-state index contributed by atoms with van der Waals surface area (Å²) in [5.41, 5.74) is -0.169. The molecule has 0 aliphatic carbocycles. The zero-order chi connectivity index (χ0) is 27.2. The van der Waals surface area contributed by atoms with Gasteiger partial charge in [0, 0.05) is 32.4 Å². The molecule has 1 aliphatic heterocycles. The molecular weight excluding hydrogens is 488 g/mol. The lowest BCUT2D eigenvalue weighted by Crippen LogP contribution is -2.47. The smallest absolute Gasteiger partial charge is 0.331 e. The van der Waals surface area contributed by atoms with Crippen LogP contribution in [0.2, 0.25) is 0 Å². The van der Waals surface area contributed by atoms with Gasteiger partial charge >= 0.3 is 11.9 Å². The number of carbonyl (C=O) groups is 3. The van der Waals surface area contributed by atoms with E-state index in [1.807, 2.05) is 6.92 Å². The molecule has 1 N–H and O–H groups in total. The second-order valence-corrected chi connectivity index (χ2v) is 8.39. The van der Waals surface area contributed by atoms with E-state index in [0.29, 0.717) is 13.2 Å². The van der Waals surface area contributed by atoms with Crippen molar-refractivity contribution in [1.82, 2.24) is 10.3 Å². The lowest BCUT2D eigenvalue weighted by molar-refractivity contribution is -0.167. The molecule has 0 bridgehead atoms. The van der Waals surface area contributed by atoms with Gasteiger partial charge in [0.15, 0.2) is 23.2 Å². The van der Waals surface area contributed by atoms with Gasteiger partial charge in [0.1, 0.15) is 18.3 Å². The van der Waals surface area contributed by atoms with Crippen LogP contribution in [0, 0.1) is 0 Å². The maximum absolute atomic E-state index is 13.1. The van der Waals surface area contributed by atoms with Gasteiger partial charge in [-0.15, -0.1) is 0 Å². The first kappa shape index (κ1) is 30.3. The summed E-state index contributed by atoms with van der Waals surface area (Å²) in [7, 11) is 1.39. The number of unbranched alkanes of at least 4 members (excludes halogenated alkanes) is 1. The van der Waals surface area contributed by atoms with E-state index in [1.54, 1.807) is 6.92 Å². The first-order valence-electron chi connectivity index (χ1n) is 12.4. The Labute approximate surface area is 217 Å². The number of hydrogen-bond donors (Lipinski definition) is 1. The predicted octanol–water partition coefficient (Wildman–Crippen LogP) is 2.03. The van der Waals surface area contributed by atoms with Crippen molar-refractivity contribution in [2.75, 3.05) is 40.3 Å². The number of hydrogen-bond acceptors (Lipinski definition) is 11. The Kier molecular flexibility index (Phi) is 13.1. The molecule has 0 unspecified atom stereocenters. The third-order valence-electron chi connectivity index (χ3n) is 5.40. The Hall–Kier alpha value is -2.96. The summed E-state index contributed by atoms with van der Waals surface area (Å²) in [5.74, 6) is -1.84. The summed E-state index contributed by atoms with van der Waals surface area (Å²) >= 11 is 0. The van der Waals surface area contributed by atoms with Gasteiger partial charge in [0.05, 0.1) is 20.3 Å². The molecule has 1 aromatic rings. The van der Waals surface area contributed by atoms with Gasteiger partial charge in [0.2, 0.25) is 6.79 Å². The molecular formula is C25H38N2O10. The average molecular weight is 527 g/mol. The summed E-state index contributed by atoms with van der Waals surface area (Å²) in [6.07, 6.45) is 2.35. The zero-order valence-corrected chi connectivity index (χ0v) is 22.2. The number of aromatic nitrogens is 1. The van der Waals surface area contributed by atoms with E-state index in [0.717, 1.165) is 19.3 Å². The summed E-state index contributed by atoms with van der Waals surface area (Å²) < 4.78 is 38.9. The maximum Gasteiger partial charge on any atom is 0.331 e. The number of carbonyl (C=O) groups excluding carboxylic acids is 3. The molecule has 1 aromatic heterocycles. The van der Waals surface area contributed by atoms with Crippen LogP contribution < -0.4 is 14.8 Å². The van der Waals surface area contributed by atoms with Gasteiger partial charge in [-0.2, -0.15) is 0 Å². The van der Waals surface area contributed by atoms with Crippen molar-refractivity contribution in [2.24, 2.45) is 0 Å². The van der Waals surface area contributed by atoms with Crippen LogP contribution >= 0.6 is 0 Å². The second-order valence-electron chi connectivity index (χ2n) is 8.39. The van der Waals surface area contributed by atoms with Crippen molar-refractivity contribution < 1.29 is 47.5 Å². The highest BCUT2D eigenvalue weighted by molar-refractivity contribution is 5.98. The van der Waals surface area contributed by atoms with E-state index in [2.05, 4.69) is 17.2 Å². The summed E-state index contributed by atoms with van der Waals surface area (Å²) in [6.45, 7) is 7.53. The number of nitrogens with zero attached hydrogens (tertiary/aromatic N) is 1. The van der Waals surface area contributed by atoms with E-state index in [9.17, 15) is 14.4 Å². The van der Waals surface area contributed by atoms with Crippen LogP contribution in [0.3, 0.4) is 0 Å². The number of ether oxygens (including phenoxy) is 7. The van der Waals surface area contributed by atoms with E-state index >= 15 is 0 Å². The molecule has 0 spiro atoms. The molecule has 0 radical (unpaired) electrons. The van der Waals surface area contributed by atoms with Crippen LogP contribution in [0.25, 0.3) is 0 Å². The van der Waals surface area contributed by atoms with Crippen molar-refractivity contribution in [3.8, 4) is 11.5 Å². The van der Waals surface area contributed by atoms with Gasteiger partial charge in [-0.25, -0.2) is 9.78 Å². The minimum absolute atomic E-state index is 0.0492. The van der Waals surface area contributed by atoms with Gasteiger partial charge in [0.25, 0.3) is 5.91 Å². The van der Waals surface area contributed by atoms with Crippen LogP contribution in [-0.4, -0.2) is 87.5 Å². The molecule has 37 heavy (non-hydrogen) atoms. The summed E-state index contributed by atoms with van der Waals surface area (Å²) in [5, 5.41) is 2.59. The number of pyridine rings is 1. The number of amides is 1. The third-order valence-corrected chi connectivity index (χ3v) is 5.40. The second kappa shape index (κ2) is 16.0. The Morgan fingerprint density at radius 1 is 1.16 bits per heavy atom. The first-order chi connectivity index (χ1) is 17.8. The molecule has 1 amide bonds. The van der Waals surface area contributed by atoms with E-state index in [-0.39, 0.29) is 30.4 Å². The number of methoxy groups -OCH3 is 1. The maximum atomic E-state index is 13.1. The Morgan fingerprint density at radius 3 is 2.62 bits per heavy atom. The Morgan fingerprint density at radius 2 is 1.95 bits per heavy atom. The van der Waals surface area contributed by atoms with Crippen molar-refractivity contribution in [1.29, 1.82) is 0 Å². The molecule has 12 heteroatoms. The molecule has 12 nitrogen and oxygen atoms in total. The van der Waals surface area contributed by atoms with Crippen LogP contribution in [0.1, 0.15) is 57.4 Å². The Bertz CT molecular complexity index is 881. The van der Waals surface area contributed by atoms with Crippen LogP contribution in [-0.2, 0) is 33.3 Å². The molecule has 2 heterocycles. The van der Waals surface area contributed by atoms with Gasteiger partial charge in [-0.1, -0.05) is 20.3 Å². The predicted molar refractivity (Wildman–Crippen MR) is 130 cm³/mol. The highest BCUT2D eigenvalue weighted by Crippen LogP contribution is 2.29. The van der Waals surface area contributed by atoms with Crippen molar-refractivity contribution in [3.05, 3.63) is 18.0 Å². The van der Waals surface area contributed by atoms with Gasteiger partial charge < -0.3 is 38.5 Å². The third kappa shape index (κ3) is 9.45. The number of esters is 2. The largest absolute Gasteiger partial charge is 0.493 e. The quantitative estimate of drug-likeness (QED) is 0.229. The Balaban J connectivity index is 2.19. The SMILES string of the molecule is CCCCO[C@H]1COC[C@H](NC(=O)c2nccc(OC)c2OCOC(C)=O)C(=O)O[C@@H](C)[C@@H]1OCCC. The lowest BCUT2D eigenvalue weighted by atomic mass is 10.1.